The van der Waals surface area contributed by atoms with Gasteiger partial charge in [0.05, 0.1) is 23.4 Å². The van der Waals surface area contributed by atoms with Crippen LogP contribution in [0.3, 0.4) is 0 Å². The van der Waals surface area contributed by atoms with Gasteiger partial charge in [0.1, 0.15) is 28.7 Å². The zero-order chi connectivity index (χ0) is 24.2. The van der Waals surface area contributed by atoms with Gasteiger partial charge in [0.2, 0.25) is 5.89 Å². The number of carbonyl (C=O) groups excluding carboxylic acids is 2. The summed E-state index contributed by atoms with van der Waals surface area (Å²) in [7, 11) is 0. The minimum absolute atomic E-state index is 0.159. The summed E-state index contributed by atoms with van der Waals surface area (Å²) < 4.78 is 16.5. The lowest BCUT2D eigenvalue weighted by molar-refractivity contribution is 0.0940. The maximum Gasteiger partial charge on any atom is 0.273 e. The Hall–Kier alpha value is -4.14. The largest absolute Gasteiger partial charge is 0.466 e. The lowest BCUT2D eigenvalue weighted by Crippen LogP contribution is -2.23. The third kappa shape index (κ3) is 4.93. The van der Waals surface area contributed by atoms with E-state index >= 15 is 0 Å². The van der Waals surface area contributed by atoms with Crippen molar-refractivity contribution >= 4 is 17.5 Å². The number of rotatable bonds is 8. The van der Waals surface area contributed by atoms with Crippen molar-refractivity contribution in [1.82, 2.24) is 15.5 Å². The van der Waals surface area contributed by atoms with Crippen LogP contribution in [0.4, 0.5) is 5.69 Å². The Balaban J connectivity index is 1.49. The van der Waals surface area contributed by atoms with Crippen LogP contribution in [0.15, 0.2) is 49.8 Å². The lowest BCUT2D eigenvalue weighted by Gasteiger charge is -2.08. The summed E-state index contributed by atoms with van der Waals surface area (Å²) in [6.45, 7) is 7.49. The molecule has 0 radical (unpaired) electrons. The van der Waals surface area contributed by atoms with Crippen molar-refractivity contribution in [2.75, 3.05) is 5.32 Å². The van der Waals surface area contributed by atoms with Crippen molar-refractivity contribution in [3.05, 3.63) is 76.4 Å². The van der Waals surface area contributed by atoms with Gasteiger partial charge in [0.15, 0.2) is 5.69 Å². The van der Waals surface area contributed by atoms with Gasteiger partial charge in [-0.3, -0.25) is 9.59 Å². The molecule has 4 rings (SSSR count). The number of para-hydroxylation sites is 1. The van der Waals surface area contributed by atoms with Crippen molar-refractivity contribution in [2.24, 2.45) is 0 Å². The number of aryl methyl sites for hydroxylation is 4. The molecule has 1 aromatic carbocycles. The number of nitrogens with one attached hydrogen (secondary N) is 2. The van der Waals surface area contributed by atoms with Crippen LogP contribution in [0.1, 0.15) is 62.9 Å². The van der Waals surface area contributed by atoms with E-state index in [9.17, 15) is 9.59 Å². The second-order valence-corrected chi connectivity index (χ2v) is 7.96. The molecular weight excluding hydrogens is 436 g/mol. The lowest BCUT2D eigenvalue weighted by atomic mass is 10.1. The number of hydrogen-bond donors (Lipinski definition) is 2. The van der Waals surface area contributed by atoms with Crippen LogP contribution in [-0.2, 0) is 13.0 Å². The molecule has 3 heterocycles. The normalized spacial score (nSPS) is 10.9. The van der Waals surface area contributed by atoms with Gasteiger partial charge in [0, 0.05) is 12.5 Å². The minimum atomic E-state index is -0.353. The van der Waals surface area contributed by atoms with Gasteiger partial charge in [-0.25, -0.2) is 4.98 Å². The summed E-state index contributed by atoms with van der Waals surface area (Å²) in [6, 6.07) is 10.6. The molecule has 2 amide bonds. The van der Waals surface area contributed by atoms with Crippen molar-refractivity contribution < 1.29 is 22.9 Å². The highest BCUT2D eigenvalue weighted by Crippen LogP contribution is 2.29. The maximum absolute atomic E-state index is 12.8. The van der Waals surface area contributed by atoms with Crippen molar-refractivity contribution in [2.45, 2.75) is 47.1 Å². The molecule has 0 aliphatic rings. The van der Waals surface area contributed by atoms with Crippen LogP contribution in [-0.4, -0.2) is 22.0 Å². The van der Waals surface area contributed by atoms with Crippen LogP contribution < -0.4 is 10.6 Å². The number of aromatic nitrogens is 2. The van der Waals surface area contributed by atoms with E-state index in [0.29, 0.717) is 51.4 Å². The fourth-order valence-electron chi connectivity index (χ4n) is 3.57. The Bertz CT molecular complexity index is 1330. The van der Waals surface area contributed by atoms with E-state index in [2.05, 4.69) is 20.8 Å². The van der Waals surface area contributed by atoms with Crippen molar-refractivity contribution in [3.8, 4) is 11.5 Å². The summed E-state index contributed by atoms with van der Waals surface area (Å²) in [4.78, 5) is 29.7. The van der Waals surface area contributed by atoms with Gasteiger partial charge >= 0.3 is 0 Å². The second kappa shape index (κ2) is 9.78. The highest BCUT2D eigenvalue weighted by atomic mass is 16.5. The first-order valence-electron chi connectivity index (χ1n) is 11.0. The Kier molecular flexibility index (Phi) is 6.62. The fraction of sp³-hybridized carbons (Fsp3) is 0.280. The van der Waals surface area contributed by atoms with E-state index in [0.717, 1.165) is 12.8 Å². The predicted molar refractivity (Wildman–Crippen MR) is 124 cm³/mol. The Morgan fingerprint density at radius 2 is 1.79 bits per heavy atom. The summed E-state index contributed by atoms with van der Waals surface area (Å²) in [5.74, 6) is 2.15. The summed E-state index contributed by atoms with van der Waals surface area (Å²) >= 11 is 0. The van der Waals surface area contributed by atoms with E-state index in [-0.39, 0.29) is 24.1 Å². The van der Waals surface area contributed by atoms with Gasteiger partial charge in [-0.2, -0.15) is 0 Å². The summed E-state index contributed by atoms with van der Waals surface area (Å²) in [6.07, 6.45) is 1.63. The van der Waals surface area contributed by atoms with E-state index < -0.39 is 0 Å². The second-order valence-electron chi connectivity index (χ2n) is 7.96. The first-order valence-corrected chi connectivity index (χ1v) is 11.0. The van der Waals surface area contributed by atoms with E-state index in [1.807, 2.05) is 19.1 Å². The maximum atomic E-state index is 12.8. The number of oxazole rings is 1. The van der Waals surface area contributed by atoms with Crippen LogP contribution in [0.2, 0.25) is 0 Å². The Morgan fingerprint density at radius 1 is 1.00 bits per heavy atom. The summed E-state index contributed by atoms with van der Waals surface area (Å²) in [5.41, 5.74) is 2.43. The number of amides is 2. The molecule has 9 heteroatoms. The van der Waals surface area contributed by atoms with Crippen LogP contribution in [0, 0.1) is 20.8 Å². The average molecular weight is 463 g/mol. The molecule has 0 fully saturated rings. The molecule has 0 saturated heterocycles. The molecule has 0 aliphatic heterocycles. The molecule has 9 nitrogen and oxygen atoms in total. The average Bonchev–Trinajstić information content (AvgIpc) is 3.51. The van der Waals surface area contributed by atoms with Gasteiger partial charge in [-0.05, 0) is 45.4 Å². The number of anilines is 1. The Morgan fingerprint density at radius 3 is 2.53 bits per heavy atom. The zero-order valence-corrected chi connectivity index (χ0v) is 19.5. The molecule has 0 atom stereocenters. The van der Waals surface area contributed by atoms with Gasteiger partial charge in [-0.15, -0.1) is 0 Å². The number of hydrogen-bond acceptors (Lipinski definition) is 7. The Labute approximate surface area is 196 Å². The molecule has 0 aliphatic carbocycles. The molecule has 0 bridgehead atoms. The van der Waals surface area contributed by atoms with E-state index in [4.69, 9.17) is 13.4 Å². The van der Waals surface area contributed by atoms with E-state index in [1.54, 1.807) is 45.0 Å². The smallest absolute Gasteiger partial charge is 0.273 e. The number of nitrogens with zero attached hydrogens (tertiary/aromatic N) is 2. The molecular formula is C25H26N4O5. The summed E-state index contributed by atoms with van der Waals surface area (Å²) in [5, 5.41) is 9.51. The molecule has 176 valence electrons. The number of carbonyl (C=O) groups is 2. The monoisotopic (exact) mass is 462 g/mol. The molecule has 0 spiro atoms. The van der Waals surface area contributed by atoms with E-state index in [1.165, 1.54) is 0 Å². The highest BCUT2D eigenvalue weighted by molar-refractivity contribution is 6.06. The standard InChI is InChI=1S/C25H26N4O5/c1-5-8-17-12-21(29-34-17)24(31)26-13-22-16(4)33-25(28-22)18-9-6-7-10-20(18)27-23(30)19-11-14(2)32-15(19)3/h6-7,9-12H,5,8,13H2,1-4H3,(H,26,31)(H,27,30). The quantitative estimate of drug-likeness (QED) is 0.378. The fourth-order valence-corrected chi connectivity index (χ4v) is 3.57. The molecule has 4 aromatic rings. The molecule has 34 heavy (non-hydrogen) atoms. The number of benzene rings is 1. The van der Waals surface area contributed by atoms with Crippen molar-refractivity contribution in [1.29, 1.82) is 0 Å². The van der Waals surface area contributed by atoms with Crippen LogP contribution >= 0.6 is 0 Å². The topological polar surface area (TPSA) is 123 Å². The number of furan rings is 1. The van der Waals surface area contributed by atoms with Crippen LogP contribution in [0.25, 0.3) is 11.5 Å². The minimum Gasteiger partial charge on any atom is -0.466 e. The first-order chi connectivity index (χ1) is 16.4. The molecule has 0 saturated carbocycles. The van der Waals surface area contributed by atoms with Gasteiger partial charge in [-0.1, -0.05) is 24.2 Å². The first kappa shape index (κ1) is 23.0. The van der Waals surface area contributed by atoms with Crippen LogP contribution in [0.5, 0.6) is 0 Å². The zero-order valence-electron chi connectivity index (χ0n) is 19.5. The van der Waals surface area contributed by atoms with Gasteiger partial charge in [0.25, 0.3) is 11.8 Å². The molecule has 2 N–H and O–H groups in total. The van der Waals surface area contributed by atoms with Gasteiger partial charge < -0.3 is 24.0 Å². The SMILES string of the molecule is CCCc1cc(C(=O)NCc2nc(-c3ccccc3NC(=O)c3cc(C)oc3C)oc2C)no1. The third-order valence-corrected chi connectivity index (χ3v) is 5.29. The predicted octanol–water partition coefficient (Wildman–Crippen LogP) is 4.98. The third-order valence-electron chi connectivity index (χ3n) is 5.29. The highest BCUT2D eigenvalue weighted by Gasteiger charge is 2.19. The van der Waals surface area contributed by atoms with Crippen molar-refractivity contribution in [3.63, 3.8) is 0 Å². The molecule has 3 aromatic heterocycles. The molecule has 0 unspecified atom stereocenters.